The number of hydrogen-bond acceptors (Lipinski definition) is 2. The maximum Gasteiger partial charge on any atom is 0.244 e. The summed E-state index contributed by atoms with van der Waals surface area (Å²) in [4.78, 5) is 11.9. The Kier molecular flexibility index (Phi) is 16.9. The molecule has 0 spiro atoms. The second-order valence-electron chi connectivity index (χ2n) is 6.88. The van der Waals surface area contributed by atoms with Gasteiger partial charge in [-0.1, -0.05) is 99.9 Å². The number of unbranched alkanes of at least 4 members (excludes halogenated alkanes) is 2. The van der Waals surface area contributed by atoms with Gasteiger partial charge >= 0.3 is 0 Å². The van der Waals surface area contributed by atoms with Gasteiger partial charge in [-0.2, -0.15) is 0 Å². The molecule has 0 rings (SSSR count). The van der Waals surface area contributed by atoms with Crippen molar-refractivity contribution in [2.24, 2.45) is 0 Å². The normalized spacial score (nSPS) is 15.1. The van der Waals surface area contributed by atoms with E-state index in [-0.39, 0.29) is 5.91 Å². The third-order valence-corrected chi connectivity index (χ3v) is 4.18. The Morgan fingerprint density at radius 3 is 2.07 bits per heavy atom. The molecule has 0 aromatic rings. The molecule has 0 aliphatic rings. The minimum atomic E-state index is -0.784. The molecule has 1 unspecified atom stereocenters. The molecule has 0 heterocycles. The lowest BCUT2D eigenvalue weighted by atomic mass is 9.91. The molecular formula is C25H39NO2. The topological polar surface area (TPSA) is 49.3 Å². The standard InChI is InChI=1S/C25H39NO2/c1-4-7-9-10-11-12-13-14-15-16-17-18-19-20-24(27)26-23-25(28,21-6-3)22-8-5-2/h4,7,9-14,17-20,28H,5-6,8,15-16,21-23H2,1-3H3,(H,26,27). The molecule has 0 aliphatic heterocycles. The first-order chi connectivity index (χ1) is 13.6. The molecule has 1 amide bonds. The highest BCUT2D eigenvalue weighted by molar-refractivity contribution is 5.87. The molecule has 0 saturated heterocycles. The predicted octanol–water partition coefficient (Wildman–Crippen LogP) is 5.96. The number of nitrogens with one attached hydrogen (secondary N) is 1. The first kappa shape index (κ1) is 25.9. The van der Waals surface area contributed by atoms with Gasteiger partial charge in [0.15, 0.2) is 0 Å². The van der Waals surface area contributed by atoms with Crippen LogP contribution in [0.5, 0.6) is 0 Å². The fourth-order valence-electron chi connectivity index (χ4n) is 2.64. The number of rotatable bonds is 15. The summed E-state index contributed by atoms with van der Waals surface area (Å²) in [5, 5.41) is 13.4. The molecule has 0 aliphatic carbocycles. The van der Waals surface area contributed by atoms with Crippen molar-refractivity contribution in [1.82, 2.24) is 5.32 Å². The zero-order valence-electron chi connectivity index (χ0n) is 17.9. The quantitative estimate of drug-likeness (QED) is 0.207. The second-order valence-corrected chi connectivity index (χ2v) is 6.88. The summed E-state index contributed by atoms with van der Waals surface area (Å²) in [5.41, 5.74) is -0.784. The molecule has 0 aromatic heterocycles. The summed E-state index contributed by atoms with van der Waals surface area (Å²) in [6.45, 7) is 6.47. The molecular weight excluding hydrogens is 346 g/mol. The van der Waals surface area contributed by atoms with Crippen molar-refractivity contribution in [2.75, 3.05) is 6.54 Å². The minimum absolute atomic E-state index is 0.160. The first-order valence-corrected chi connectivity index (χ1v) is 10.5. The van der Waals surface area contributed by atoms with E-state index in [9.17, 15) is 9.90 Å². The van der Waals surface area contributed by atoms with E-state index in [4.69, 9.17) is 0 Å². The van der Waals surface area contributed by atoms with Crippen LogP contribution in [-0.2, 0) is 4.79 Å². The summed E-state index contributed by atoms with van der Waals surface area (Å²) in [6.07, 6.45) is 29.6. The van der Waals surface area contributed by atoms with Crippen molar-refractivity contribution < 1.29 is 9.90 Å². The Hall–Kier alpha value is -2.13. The number of allylic oxidation sites excluding steroid dienone is 11. The maximum atomic E-state index is 11.9. The smallest absolute Gasteiger partial charge is 0.244 e. The van der Waals surface area contributed by atoms with Crippen LogP contribution >= 0.6 is 0 Å². The van der Waals surface area contributed by atoms with Crippen LogP contribution in [0.2, 0.25) is 0 Å². The molecule has 28 heavy (non-hydrogen) atoms. The van der Waals surface area contributed by atoms with Crippen LogP contribution in [0, 0.1) is 0 Å². The van der Waals surface area contributed by atoms with Crippen LogP contribution in [0.4, 0.5) is 0 Å². The molecule has 0 bridgehead atoms. The molecule has 156 valence electrons. The van der Waals surface area contributed by atoms with Crippen molar-refractivity contribution in [3.8, 4) is 0 Å². The molecule has 1 atom stereocenters. The van der Waals surface area contributed by atoms with E-state index in [2.05, 4.69) is 25.2 Å². The van der Waals surface area contributed by atoms with Gasteiger partial charge in [0.25, 0.3) is 0 Å². The summed E-state index contributed by atoms with van der Waals surface area (Å²) in [6, 6.07) is 0. The fourth-order valence-corrected chi connectivity index (χ4v) is 2.64. The summed E-state index contributed by atoms with van der Waals surface area (Å²) in [7, 11) is 0. The summed E-state index contributed by atoms with van der Waals surface area (Å²) >= 11 is 0. The molecule has 0 radical (unpaired) electrons. The average molecular weight is 386 g/mol. The molecule has 0 fully saturated rings. The molecule has 0 saturated carbocycles. The predicted molar refractivity (Wildman–Crippen MR) is 122 cm³/mol. The van der Waals surface area contributed by atoms with Crippen molar-refractivity contribution in [2.45, 2.75) is 71.3 Å². The van der Waals surface area contributed by atoms with Gasteiger partial charge in [0, 0.05) is 12.6 Å². The zero-order valence-corrected chi connectivity index (χ0v) is 17.9. The van der Waals surface area contributed by atoms with Crippen LogP contribution in [0.3, 0.4) is 0 Å². The molecule has 3 heteroatoms. The lowest BCUT2D eigenvalue weighted by Crippen LogP contribution is -2.42. The van der Waals surface area contributed by atoms with E-state index in [1.165, 1.54) is 6.08 Å². The number of amides is 1. The first-order valence-electron chi connectivity index (χ1n) is 10.5. The van der Waals surface area contributed by atoms with Crippen LogP contribution in [0.1, 0.15) is 65.7 Å². The van der Waals surface area contributed by atoms with E-state index in [0.29, 0.717) is 13.0 Å². The number of carbonyl (C=O) groups excluding carboxylic acids is 1. The lowest BCUT2D eigenvalue weighted by molar-refractivity contribution is -0.118. The minimum Gasteiger partial charge on any atom is -0.388 e. The second kappa shape index (κ2) is 18.2. The lowest BCUT2D eigenvalue weighted by Gasteiger charge is -2.27. The van der Waals surface area contributed by atoms with Gasteiger partial charge in [0.1, 0.15) is 0 Å². The third kappa shape index (κ3) is 16.1. The summed E-state index contributed by atoms with van der Waals surface area (Å²) in [5.74, 6) is -0.160. The summed E-state index contributed by atoms with van der Waals surface area (Å²) < 4.78 is 0. The van der Waals surface area contributed by atoms with E-state index < -0.39 is 5.60 Å². The van der Waals surface area contributed by atoms with Crippen molar-refractivity contribution >= 4 is 5.91 Å². The molecule has 0 aromatic carbocycles. The van der Waals surface area contributed by atoms with Gasteiger partial charge < -0.3 is 10.4 Å². The number of hydrogen-bond donors (Lipinski definition) is 2. The Bertz CT molecular complexity index is 567. The van der Waals surface area contributed by atoms with E-state index in [0.717, 1.165) is 38.5 Å². The molecule has 3 nitrogen and oxygen atoms in total. The van der Waals surface area contributed by atoms with E-state index in [1.807, 2.05) is 61.6 Å². The van der Waals surface area contributed by atoms with Gasteiger partial charge in [-0.25, -0.2) is 0 Å². The third-order valence-electron chi connectivity index (χ3n) is 4.18. The monoisotopic (exact) mass is 385 g/mol. The Morgan fingerprint density at radius 1 is 0.857 bits per heavy atom. The average Bonchev–Trinajstić information content (AvgIpc) is 2.69. The van der Waals surface area contributed by atoms with E-state index in [1.54, 1.807) is 6.08 Å². The Morgan fingerprint density at radius 2 is 1.46 bits per heavy atom. The van der Waals surface area contributed by atoms with E-state index >= 15 is 0 Å². The van der Waals surface area contributed by atoms with Gasteiger partial charge in [0.2, 0.25) is 5.91 Å². The zero-order chi connectivity index (χ0) is 20.9. The molecule has 2 N–H and O–H groups in total. The van der Waals surface area contributed by atoms with Gasteiger partial charge in [-0.15, -0.1) is 0 Å². The highest BCUT2D eigenvalue weighted by Gasteiger charge is 2.25. The van der Waals surface area contributed by atoms with Gasteiger partial charge in [-0.3, -0.25) is 4.79 Å². The fraction of sp³-hybridized carbons (Fsp3) is 0.480. The van der Waals surface area contributed by atoms with Gasteiger partial charge in [-0.05, 0) is 32.6 Å². The van der Waals surface area contributed by atoms with Crippen LogP contribution in [0.15, 0.2) is 72.9 Å². The van der Waals surface area contributed by atoms with Crippen LogP contribution in [0.25, 0.3) is 0 Å². The number of aliphatic hydroxyl groups is 1. The SMILES string of the molecule is CC=CC=CC=CC=CCCC=CC=CC(=O)NCC(O)(CCC)CCCC. The van der Waals surface area contributed by atoms with Crippen LogP contribution in [-0.4, -0.2) is 23.2 Å². The maximum absolute atomic E-state index is 11.9. The Labute approximate surface area is 172 Å². The highest BCUT2D eigenvalue weighted by Crippen LogP contribution is 2.19. The Balaban J connectivity index is 4.05. The van der Waals surface area contributed by atoms with Gasteiger partial charge in [0.05, 0.1) is 5.60 Å². The number of carbonyl (C=O) groups is 1. The van der Waals surface area contributed by atoms with Crippen molar-refractivity contribution in [3.63, 3.8) is 0 Å². The largest absolute Gasteiger partial charge is 0.388 e. The van der Waals surface area contributed by atoms with Crippen molar-refractivity contribution in [3.05, 3.63) is 72.9 Å². The van der Waals surface area contributed by atoms with Crippen molar-refractivity contribution in [1.29, 1.82) is 0 Å². The highest BCUT2D eigenvalue weighted by atomic mass is 16.3. The van der Waals surface area contributed by atoms with Crippen LogP contribution < -0.4 is 5.32 Å².